The van der Waals surface area contributed by atoms with Crippen LogP contribution in [0.15, 0.2) is 42.7 Å². The minimum absolute atomic E-state index is 0.0749. The number of rotatable bonds is 5. The summed E-state index contributed by atoms with van der Waals surface area (Å²) in [5.74, 6) is 0.762. The number of imidazole rings is 1. The van der Waals surface area contributed by atoms with Crippen LogP contribution < -0.4 is 0 Å². The second kappa shape index (κ2) is 6.96. The summed E-state index contributed by atoms with van der Waals surface area (Å²) in [7, 11) is 3.69. The predicted octanol–water partition coefficient (Wildman–Crippen LogP) is 2.93. The minimum Gasteiger partial charge on any atom is -0.358 e. The topological polar surface area (TPSA) is 47.4 Å². The number of amides is 1. The number of hydrogen-bond acceptors (Lipinski definition) is 3. The highest BCUT2D eigenvalue weighted by Crippen LogP contribution is 2.26. The fourth-order valence-electron chi connectivity index (χ4n) is 2.28. The maximum absolute atomic E-state index is 12.9. The highest BCUT2D eigenvalue weighted by Gasteiger charge is 2.29. The molecule has 2 aromatic rings. The number of carbonyl (C=O) groups is 1. The Morgan fingerprint density at radius 2 is 1.96 bits per heavy atom. The summed E-state index contributed by atoms with van der Waals surface area (Å²) >= 11 is 0. The zero-order valence-corrected chi connectivity index (χ0v) is 14.5. The van der Waals surface area contributed by atoms with E-state index in [4.69, 9.17) is 4.74 Å². The highest BCUT2D eigenvalue weighted by molar-refractivity contribution is 5.82. The summed E-state index contributed by atoms with van der Waals surface area (Å²) in [6.45, 7) is 6.30. The number of likely N-dealkylation sites (N-methyl/N-ethyl adjacent to an activating group) is 1. The van der Waals surface area contributed by atoms with Crippen molar-refractivity contribution in [2.45, 2.75) is 39.0 Å². The van der Waals surface area contributed by atoms with E-state index < -0.39 is 11.7 Å². The molecule has 0 fully saturated rings. The molecule has 0 radical (unpaired) electrons. The maximum Gasteiger partial charge on any atom is 0.256 e. The van der Waals surface area contributed by atoms with Gasteiger partial charge in [0.25, 0.3) is 5.91 Å². The molecule has 1 heterocycles. The van der Waals surface area contributed by atoms with Crippen molar-refractivity contribution in [1.82, 2.24) is 14.5 Å². The molecule has 1 atom stereocenters. The minimum atomic E-state index is -0.624. The van der Waals surface area contributed by atoms with E-state index in [0.717, 1.165) is 11.4 Å². The summed E-state index contributed by atoms with van der Waals surface area (Å²) in [6.07, 6.45) is 2.98. The molecule has 0 aliphatic carbocycles. The van der Waals surface area contributed by atoms with E-state index in [1.807, 2.05) is 68.9 Å². The second-order valence-corrected chi connectivity index (χ2v) is 6.67. The standard InChI is InChI=1S/C18H25N3O2/c1-18(2,3)23-16(14-9-7-6-8-10-14)17(22)21(5)13-15-19-11-12-20(15)4/h6-12,16H,13H2,1-5H3/t16-/m0/s1. The molecule has 0 spiro atoms. The van der Waals surface area contributed by atoms with Crippen LogP contribution in [-0.4, -0.2) is 33.0 Å². The third-order valence-corrected chi connectivity index (χ3v) is 3.47. The van der Waals surface area contributed by atoms with Crippen LogP contribution in [-0.2, 0) is 23.1 Å². The Kier molecular flexibility index (Phi) is 5.21. The Balaban J connectivity index is 2.20. The number of hydrogen-bond donors (Lipinski definition) is 0. The average Bonchev–Trinajstić information content (AvgIpc) is 2.89. The summed E-state index contributed by atoms with van der Waals surface area (Å²) in [4.78, 5) is 18.9. The summed E-state index contributed by atoms with van der Waals surface area (Å²) in [6, 6.07) is 9.60. The van der Waals surface area contributed by atoms with E-state index in [9.17, 15) is 4.79 Å². The zero-order chi connectivity index (χ0) is 17.0. The van der Waals surface area contributed by atoms with Crippen LogP contribution in [0.2, 0.25) is 0 Å². The Hall–Kier alpha value is -2.14. The molecule has 1 amide bonds. The number of ether oxygens (including phenoxy) is 1. The molecule has 23 heavy (non-hydrogen) atoms. The highest BCUT2D eigenvalue weighted by atomic mass is 16.5. The van der Waals surface area contributed by atoms with Gasteiger partial charge in [-0.1, -0.05) is 30.3 Å². The van der Waals surface area contributed by atoms with Crippen LogP contribution >= 0.6 is 0 Å². The monoisotopic (exact) mass is 315 g/mol. The molecule has 0 N–H and O–H groups in total. The van der Waals surface area contributed by atoms with Gasteiger partial charge in [-0.15, -0.1) is 0 Å². The van der Waals surface area contributed by atoms with E-state index in [1.54, 1.807) is 18.1 Å². The van der Waals surface area contributed by atoms with Crippen molar-refractivity contribution in [2.75, 3.05) is 7.05 Å². The molecule has 0 saturated carbocycles. The quantitative estimate of drug-likeness (QED) is 0.852. The van der Waals surface area contributed by atoms with Crippen molar-refractivity contribution in [3.63, 3.8) is 0 Å². The van der Waals surface area contributed by atoms with E-state index in [2.05, 4.69) is 4.98 Å². The van der Waals surface area contributed by atoms with Crippen molar-refractivity contribution >= 4 is 5.91 Å². The van der Waals surface area contributed by atoms with Crippen LogP contribution in [0.3, 0.4) is 0 Å². The summed E-state index contributed by atoms with van der Waals surface area (Å²) in [5, 5.41) is 0. The van der Waals surface area contributed by atoms with Crippen LogP contribution in [0.4, 0.5) is 0 Å². The number of aryl methyl sites for hydroxylation is 1. The lowest BCUT2D eigenvalue weighted by molar-refractivity contribution is -0.153. The van der Waals surface area contributed by atoms with E-state index in [1.165, 1.54) is 0 Å². The molecule has 0 saturated heterocycles. The van der Waals surface area contributed by atoms with E-state index in [-0.39, 0.29) is 5.91 Å². The lowest BCUT2D eigenvalue weighted by Crippen LogP contribution is -2.36. The molecule has 1 aromatic heterocycles. The normalized spacial score (nSPS) is 12.9. The van der Waals surface area contributed by atoms with Crippen molar-refractivity contribution in [2.24, 2.45) is 7.05 Å². The Labute approximate surface area is 137 Å². The van der Waals surface area contributed by atoms with Gasteiger partial charge in [-0.3, -0.25) is 4.79 Å². The van der Waals surface area contributed by atoms with Gasteiger partial charge in [0.2, 0.25) is 0 Å². The molecular formula is C18H25N3O2. The molecular weight excluding hydrogens is 290 g/mol. The molecule has 5 nitrogen and oxygen atoms in total. The molecule has 5 heteroatoms. The third kappa shape index (κ3) is 4.66. The first-order valence-electron chi connectivity index (χ1n) is 7.72. The van der Waals surface area contributed by atoms with Crippen molar-refractivity contribution < 1.29 is 9.53 Å². The van der Waals surface area contributed by atoms with Crippen molar-refractivity contribution in [3.05, 3.63) is 54.1 Å². The van der Waals surface area contributed by atoms with Gasteiger partial charge in [-0.05, 0) is 26.3 Å². The van der Waals surface area contributed by atoms with Gasteiger partial charge in [0, 0.05) is 26.5 Å². The lowest BCUT2D eigenvalue weighted by Gasteiger charge is -2.30. The smallest absolute Gasteiger partial charge is 0.256 e. The summed E-state index contributed by atoms with van der Waals surface area (Å²) in [5.41, 5.74) is 0.444. The van der Waals surface area contributed by atoms with E-state index in [0.29, 0.717) is 6.54 Å². The molecule has 2 rings (SSSR count). The van der Waals surface area contributed by atoms with Gasteiger partial charge in [0.15, 0.2) is 6.10 Å². The van der Waals surface area contributed by atoms with Crippen molar-refractivity contribution in [3.8, 4) is 0 Å². The number of benzene rings is 1. The first-order valence-corrected chi connectivity index (χ1v) is 7.72. The molecule has 124 valence electrons. The van der Waals surface area contributed by atoms with Crippen LogP contribution in [0, 0.1) is 0 Å². The Morgan fingerprint density at radius 1 is 1.30 bits per heavy atom. The Morgan fingerprint density at radius 3 is 2.48 bits per heavy atom. The number of nitrogens with zero attached hydrogens (tertiary/aromatic N) is 3. The SMILES string of the molecule is CN(Cc1nccn1C)C(=O)[C@@H](OC(C)(C)C)c1ccccc1. The summed E-state index contributed by atoms with van der Waals surface area (Å²) < 4.78 is 7.95. The van der Waals surface area contributed by atoms with Gasteiger partial charge in [-0.25, -0.2) is 4.98 Å². The molecule has 0 aliphatic heterocycles. The van der Waals surface area contributed by atoms with Gasteiger partial charge in [0.1, 0.15) is 5.82 Å². The molecule has 1 aromatic carbocycles. The van der Waals surface area contributed by atoms with Crippen LogP contribution in [0.1, 0.15) is 38.3 Å². The molecule has 0 aliphatic rings. The zero-order valence-electron chi connectivity index (χ0n) is 14.5. The number of carbonyl (C=O) groups excluding carboxylic acids is 1. The second-order valence-electron chi connectivity index (χ2n) is 6.67. The molecule has 0 bridgehead atoms. The largest absolute Gasteiger partial charge is 0.358 e. The predicted molar refractivity (Wildman–Crippen MR) is 89.7 cm³/mol. The van der Waals surface area contributed by atoms with E-state index >= 15 is 0 Å². The van der Waals surface area contributed by atoms with Crippen molar-refractivity contribution in [1.29, 1.82) is 0 Å². The average molecular weight is 315 g/mol. The van der Waals surface area contributed by atoms with Crippen LogP contribution in [0.25, 0.3) is 0 Å². The Bertz CT molecular complexity index is 644. The van der Waals surface area contributed by atoms with Crippen LogP contribution in [0.5, 0.6) is 0 Å². The fraction of sp³-hybridized carbons (Fsp3) is 0.444. The maximum atomic E-state index is 12.9. The first kappa shape index (κ1) is 17.2. The van der Waals surface area contributed by atoms with Gasteiger partial charge < -0.3 is 14.2 Å². The fourth-order valence-corrected chi connectivity index (χ4v) is 2.28. The van der Waals surface area contributed by atoms with Gasteiger partial charge in [0.05, 0.1) is 12.1 Å². The third-order valence-electron chi connectivity index (χ3n) is 3.47. The lowest BCUT2D eigenvalue weighted by atomic mass is 10.1. The van der Waals surface area contributed by atoms with Gasteiger partial charge in [-0.2, -0.15) is 0 Å². The number of aromatic nitrogens is 2. The molecule has 0 unspecified atom stereocenters. The first-order chi connectivity index (χ1) is 10.8. The van der Waals surface area contributed by atoms with Gasteiger partial charge >= 0.3 is 0 Å².